The van der Waals surface area contributed by atoms with Crippen LogP contribution in [0.4, 0.5) is 0 Å². The third kappa shape index (κ3) is 7.78. The summed E-state index contributed by atoms with van der Waals surface area (Å²) in [7, 11) is 4.18. The van der Waals surface area contributed by atoms with Gasteiger partial charge in [-0.2, -0.15) is 0 Å². The summed E-state index contributed by atoms with van der Waals surface area (Å²) >= 11 is 1.81. The van der Waals surface area contributed by atoms with Crippen LogP contribution >= 0.6 is 45.7 Å². The SMILES string of the molecule is Br.Br.CN(C)CCSC1=NCCN1. The van der Waals surface area contributed by atoms with E-state index < -0.39 is 0 Å². The smallest absolute Gasteiger partial charge is 0.156 e. The van der Waals surface area contributed by atoms with Crippen molar-refractivity contribution in [1.82, 2.24) is 10.2 Å². The molecular weight excluding hydrogens is 318 g/mol. The lowest BCUT2D eigenvalue weighted by Crippen LogP contribution is -2.19. The van der Waals surface area contributed by atoms with Gasteiger partial charge in [0.05, 0.1) is 6.54 Å². The van der Waals surface area contributed by atoms with E-state index in [0.29, 0.717) is 0 Å². The largest absolute Gasteiger partial charge is 0.363 e. The fourth-order valence-corrected chi connectivity index (χ4v) is 1.83. The molecule has 0 bridgehead atoms. The lowest BCUT2D eigenvalue weighted by atomic mass is 10.7. The second-order valence-electron chi connectivity index (χ2n) is 2.77. The van der Waals surface area contributed by atoms with Crippen molar-refractivity contribution in [2.24, 2.45) is 4.99 Å². The first-order chi connectivity index (χ1) is 5.29. The summed E-state index contributed by atoms with van der Waals surface area (Å²) in [5, 5.41) is 4.34. The highest BCUT2D eigenvalue weighted by Gasteiger charge is 2.04. The zero-order valence-corrected chi connectivity index (χ0v) is 12.2. The molecule has 0 atom stereocenters. The standard InChI is InChI=1S/C7H15N3S.2BrH/c1-10(2)5-6-11-7-8-3-4-9-7;;/h3-6H2,1-2H3,(H,8,9);2*1H. The van der Waals surface area contributed by atoms with Crippen LogP contribution in [0, 0.1) is 0 Å². The van der Waals surface area contributed by atoms with Gasteiger partial charge in [0, 0.05) is 18.8 Å². The minimum absolute atomic E-state index is 0. The van der Waals surface area contributed by atoms with E-state index >= 15 is 0 Å². The first kappa shape index (κ1) is 16.2. The van der Waals surface area contributed by atoms with Crippen molar-refractivity contribution in [2.75, 3.05) is 39.5 Å². The van der Waals surface area contributed by atoms with Crippen molar-refractivity contribution in [3.05, 3.63) is 0 Å². The molecule has 80 valence electrons. The van der Waals surface area contributed by atoms with Gasteiger partial charge >= 0.3 is 0 Å². The number of thioether (sulfide) groups is 1. The molecule has 1 rings (SSSR count). The third-order valence-electron chi connectivity index (χ3n) is 1.42. The molecule has 0 amide bonds. The third-order valence-corrected chi connectivity index (χ3v) is 2.35. The summed E-state index contributed by atoms with van der Waals surface area (Å²) < 4.78 is 0. The van der Waals surface area contributed by atoms with E-state index in [1.807, 2.05) is 11.8 Å². The fourth-order valence-electron chi connectivity index (χ4n) is 0.798. The molecule has 1 heterocycles. The number of amidine groups is 1. The van der Waals surface area contributed by atoms with Crippen LogP contribution in [-0.2, 0) is 0 Å². The Morgan fingerprint density at radius 2 is 2.15 bits per heavy atom. The zero-order valence-electron chi connectivity index (χ0n) is 7.95. The molecule has 0 aliphatic carbocycles. The second-order valence-corrected chi connectivity index (χ2v) is 3.85. The maximum atomic E-state index is 4.28. The van der Waals surface area contributed by atoms with Crippen molar-refractivity contribution in [2.45, 2.75) is 0 Å². The highest BCUT2D eigenvalue weighted by Crippen LogP contribution is 2.04. The molecule has 0 spiro atoms. The Morgan fingerprint density at radius 3 is 2.62 bits per heavy atom. The lowest BCUT2D eigenvalue weighted by Gasteiger charge is -2.08. The maximum absolute atomic E-state index is 4.28. The van der Waals surface area contributed by atoms with E-state index in [-0.39, 0.29) is 34.0 Å². The van der Waals surface area contributed by atoms with Gasteiger partial charge in [0.25, 0.3) is 0 Å². The number of halogens is 2. The highest BCUT2D eigenvalue weighted by atomic mass is 79.9. The molecule has 0 saturated heterocycles. The average Bonchev–Trinajstić information content (AvgIpc) is 2.39. The van der Waals surface area contributed by atoms with E-state index in [1.165, 1.54) is 0 Å². The number of rotatable bonds is 3. The summed E-state index contributed by atoms with van der Waals surface area (Å²) in [6.45, 7) is 3.08. The van der Waals surface area contributed by atoms with Crippen LogP contribution in [0.3, 0.4) is 0 Å². The number of hydrogen-bond acceptors (Lipinski definition) is 4. The molecular formula is C7H17Br2N3S. The van der Waals surface area contributed by atoms with Crippen LogP contribution in [0.25, 0.3) is 0 Å². The highest BCUT2D eigenvalue weighted by molar-refractivity contribution is 8.93. The van der Waals surface area contributed by atoms with Gasteiger partial charge < -0.3 is 10.2 Å². The lowest BCUT2D eigenvalue weighted by molar-refractivity contribution is 0.437. The van der Waals surface area contributed by atoms with E-state index in [9.17, 15) is 0 Å². The quantitative estimate of drug-likeness (QED) is 0.845. The molecule has 0 aromatic heterocycles. The molecule has 0 radical (unpaired) electrons. The Labute approximate surface area is 105 Å². The Hall–Kier alpha value is 0.740. The van der Waals surface area contributed by atoms with Gasteiger partial charge in [0.1, 0.15) is 0 Å². The van der Waals surface area contributed by atoms with Gasteiger partial charge in [-0.05, 0) is 14.1 Å². The summed E-state index contributed by atoms with van der Waals surface area (Å²) in [4.78, 5) is 6.47. The van der Waals surface area contributed by atoms with Crippen LogP contribution in [0.5, 0.6) is 0 Å². The van der Waals surface area contributed by atoms with Crippen LogP contribution in [0.2, 0.25) is 0 Å². The zero-order chi connectivity index (χ0) is 8.10. The van der Waals surface area contributed by atoms with Crippen LogP contribution < -0.4 is 5.32 Å². The van der Waals surface area contributed by atoms with Crippen molar-refractivity contribution in [3.8, 4) is 0 Å². The predicted molar refractivity (Wildman–Crippen MR) is 72.0 cm³/mol. The summed E-state index contributed by atoms with van der Waals surface area (Å²) in [6, 6.07) is 0. The molecule has 0 aromatic rings. The molecule has 1 aliphatic heterocycles. The molecule has 0 fully saturated rings. The van der Waals surface area contributed by atoms with Gasteiger partial charge in [0.2, 0.25) is 0 Å². The summed E-state index contributed by atoms with van der Waals surface area (Å²) in [5.74, 6) is 1.12. The molecule has 1 N–H and O–H groups in total. The molecule has 0 saturated carbocycles. The molecule has 13 heavy (non-hydrogen) atoms. The minimum Gasteiger partial charge on any atom is -0.363 e. The first-order valence-corrected chi connectivity index (χ1v) is 4.83. The van der Waals surface area contributed by atoms with Gasteiger partial charge in [-0.25, -0.2) is 0 Å². The van der Waals surface area contributed by atoms with Crippen LogP contribution in [0.1, 0.15) is 0 Å². The van der Waals surface area contributed by atoms with Crippen molar-refractivity contribution >= 4 is 50.9 Å². The predicted octanol–water partition coefficient (Wildman–Crippen LogP) is 1.40. The normalized spacial score (nSPS) is 14.2. The van der Waals surface area contributed by atoms with E-state index in [0.717, 1.165) is 30.6 Å². The molecule has 6 heteroatoms. The number of aliphatic imine (C=N–C) groups is 1. The Morgan fingerprint density at radius 1 is 1.46 bits per heavy atom. The van der Waals surface area contributed by atoms with Crippen molar-refractivity contribution in [3.63, 3.8) is 0 Å². The second kappa shape index (κ2) is 9.30. The van der Waals surface area contributed by atoms with Crippen molar-refractivity contribution < 1.29 is 0 Å². The Balaban J connectivity index is 0. The van der Waals surface area contributed by atoms with Gasteiger partial charge in [0.15, 0.2) is 5.17 Å². The minimum atomic E-state index is 0. The van der Waals surface area contributed by atoms with Crippen molar-refractivity contribution in [1.29, 1.82) is 0 Å². The Bertz CT molecular complexity index is 153. The van der Waals surface area contributed by atoms with Gasteiger partial charge in [-0.1, -0.05) is 11.8 Å². The van der Waals surface area contributed by atoms with Crippen LogP contribution in [0.15, 0.2) is 4.99 Å². The van der Waals surface area contributed by atoms with Crippen LogP contribution in [-0.4, -0.2) is 49.6 Å². The molecule has 3 nitrogen and oxygen atoms in total. The summed E-state index contributed by atoms with van der Waals surface area (Å²) in [6.07, 6.45) is 0. The fraction of sp³-hybridized carbons (Fsp3) is 0.857. The van der Waals surface area contributed by atoms with Gasteiger partial charge in [-0.15, -0.1) is 34.0 Å². The molecule has 0 unspecified atom stereocenters. The topological polar surface area (TPSA) is 27.6 Å². The average molecular weight is 335 g/mol. The van der Waals surface area contributed by atoms with E-state index in [1.54, 1.807) is 0 Å². The number of nitrogens with one attached hydrogen (secondary N) is 1. The van der Waals surface area contributed by atoms with E-state index in [2.05, 4.69) is 29.3 Å². The molecule has 1 aliphatic rings. The molecule has 0 aromatic carbocycles. The van der Waals surface area contributed by atoms with E-state index in [4.69, 9.17) is 0 Å². The maximum Gasteiger partial charge on any atom is 0.156 e. The monoisotopic (exact) mass is 333 g/mol. The first-order valence-electron chi connectivity index (χ1n) is 3.85. The number of hydrogen-bond donors (Lipinski definition) is 1. The number of nitrogens with zero attached hydrogens (tertiary/aromatic N) is 2. The summed E-state index contributed by atoms with van der Waals surface area (Å²) in [5.41, 5.74) is 0. The van der Waals surface area contributed by atoms with Gasteiger partial charge in [-0.3, -0.25) is 4.99 Å². The Kier molecular flexibility index (Phi) is 11.6.